The van der Waals surface area contributed by atoms with Crippen molar-refractivity contribution in [3.05, 3.63) is 23.8 Å². The minimum atomic E-state index is -1.64. The Hall–Kier alpha value is -0.753. The molecule has 0 aromatic heterocycles. The minimum Gasteiger partial charge on any atom is -0.417 e. The van der Waals surface area contributed by atoms with Gasteiger partial charge in [0.1, 0.15) is 11.9 Å². The number of hydrogen-bond acceptors (Lipinski definition) is 3. The molecule has 3 rings (SSSR count). The van der Waals surface area contributed by atoms with Crippen LogP contribution in [0.25, 0.3) is 0 Å². The molecule has 126 valence electrons. The van der Waals surface area contributed by atoms with Crippen molar-refractivity contribution in [1.82, 2.24) is 0 Å². The van der Waals surface area contributed by atoms with E-state index in [2.05, 4.69) is 43.9 Å². The maximum absolute atomic E-state index is 6.53. The summed E-state index contributed by atoms with van der Waals surface area (Å²) in [7, 11) is -1.64. The molecule has 1 unspecified atom stereocenters. The number of aliphatic imine (C=N–C) groups is 2. The first-order valence-corrected chi connectivity index (χ1v) is 11.6. The van der Waals surface area contributed by atoms with Crippen LogP contribution in [-0.2, 0) is 4.43 Å². The van der Waals surface area contributed by atoms with E-state index in [0.29, 0.717) is 11.8 Å². The number of fused-ring (bicyclic) bond motifs is 1. The third-order valence-corrected chi connectivity index (χ3v) is 10.6. The monoisotopic (exact) mass is 352 g/mol. The van der Waals surface area contributed by atoms with Crippen LogP contribution in [0.3, 0.4) is 0 Å². The smallest absolute Gasteiger partial charge is 0.218 e. The fraction of sp³-hybridized carbons (Fsp3) is 0.647. The van der Waals surface area contributed by atoms with E-state index in [0.717, 1.165) is 30.8 Å². The van der Waals surface area contributed by atoms with Gasteiger partial charge in [0.05, 0.1) is 12.4 Å². The molecule has 2 aliphatic heterocycles. The second kappa shape index (κ2) is 5.65. The first-order valence-electron chi connectivity index (χ1n) is 8.35. The lowest BCUT2D eigenvalue weighted by Gasteiger charge is -2.41. The van der Waals surface area contributed by atoms with Crippen LogP contribution in [0.2, 0.25) is 18.1 Å². The predicted octanol–water partition coefficient (Wildman–Crippen LogP) is 4.81. The quantitative estimate of drug-likeness (QED) is 0.527. The van der Waals surface area contributed by atoms with Gasteiger partial charge >= 0.3 is 0 Å². The van der Waals surface area contributed by atoms with E-state index in [1.807, 2.05) is 12.4 Å². The van der Waals surface area contributed by atoms with Crippen molar-refractivity contribution in [2.45, 2.75) is 51.7 Å². The van der Waals surface area contributed by atoms with Gasteiger partial charge in [0.25, 0.3) is 0 Å². The molecule has 2 heterocycles. The molecule has 0 saturated heterocycles. The third-order valence-electron chi connectivity index (χ3n) is 5.67. The summed E-state index contributed by atoms with van der Waals surface area (Å²) in [6, 6.07) is 0. The summed E-state index contributed by atoms with van der Waals surface area (Å²) in [5.74, 6) is 1.14. The van der Waals surface area contributed by atoms with E-state index < -0.39 is 8.32 Å². The van der Waals surface area contributed by atoms with Gasteiger partial charge in [0.15, 0.2) is 20.1 Å². The summed E-state index contributed by atoms with van der Waals surface area (Å²) in [6.45, 7) is 12.4. The number of nitrogens with zero attached hydrogens (tertiary/aromatic N) is 3. The van der Waals surface area contributed by atoms with Crippen molar-refractivity contribution < 1.29 is 8.43 Å². The molecule has 0 aromatic rings. The van der Waals surface area contributed by atoms with Crippen molar-refractivity contribution in [2.75, 3.05) is 6.61 Å². The molecule has 1 saturated carbocycles. The van der Waals surface area contributed by atoms with Gasteiger partial charge in [-0.3, -0.25) is 4.99 Å². The summed E-state index contributed by atoms with van der Waals surface area (Å²) >= 11 is 6.53. The van der Waals surface area contributed by atoms with Crippen LogP contribution < -0.4 is 0 Å². The zero-order valence-electron chi connectivity index (χ0n) is 14.7. The molecule has 6 heteroatoms. The average Bonchev–Trinajstić information content (AvgIpc) is 2.73. The molecule has 0 N–H and O–H groups in total. The Balaban J connectivity index is 1.57. The Labute approximate surface area is 145 Å². The number of allylic oxidation sites excluding steroid dienone is 2. The molecule has 1 aliphatic carbocycles. The lowest BCUT2D eigenvalue weighted by atomic mass is 9.73. The second-order valence-corrected chi connectivity index (χ2v) is 13.8. The van der Waals surface area contributed by atoms with E-state index in [1.54, 1.807) is 12.5 Å². The zero-order valence-corrected chi connectivity index (χ0v) is 16.5. The van der Waals surface area contributed by atoms with Gasteiger partial charge in [-0.05, 0) is 36.9 Å². The predicted molar refractivity (Wildman–Crippen MR) is 98.6 cm³/mol. The summed E-state index contributed by atoms with van der Waals surface area (Å²) in [6.07, 6.45) is 9.48. The molecule has 0 amide bonds. The van der Waals surface area contributed by atoms with Crippen molar-refractivity contribution in [3.63, 3.8) is 0 Å². The third kappa shape index (κ3) is 3.12. The molecule has 0 spiro atoms. The summed E-state index contributed by atoms with van der Waals surface area (Å²) in [4.78, 5) is 8.78. The molecule has 3 aliphatic rings. The van der Waals surface area contributed by atoms with Gasteiger partial charge in [-0.15, -0.1) is 4.00 Å². The average molecular weight is 353 g/mol. The SMILES string of the molecule is CC(C)(C)[Si](C)(C)OCC1CC(C2=C3C=NC=C[N+]3(Cl)C=N2)C1. The Bertz CT molecular complexity index is 612. The second-order valence-electron chi connectivity index (χ2n) is 8.38. The van der Waals surface area contributed by atoms with Crippen molar-refractivity contribution in [2.24, 2.45) is 21.8 Å². The van der Waals surface area contributed by atoms with Gasteiger partial charge in [0, 0.05) is 12.5 Å². The first-order chi connectivity index (χ1) is 10.6. The zero-order chi connectivity index (χ0) is 16.9. The summed E-state index contributed by atoms with van der Waals surface area (Å²) in [5.41, 5.74) is 2.11. The molecular formula is C17H27ClN3OSi+. The van der Waals surface area contributed by atoms with Crippen LogP contribution in [0.4, 0.5) is 0 Å². The van der Waals surface area contributed by atoms with E-state index in [9.17, 15) is 0 Å². The van der Waals surface area contributed by atoms with Crippen molar-refractivity contribution in [1.29, 1.82) is 0 Å². The molecule has 1 atom stereocenters. The van der Waals surface area contributed by atoms with Crippen molar-refractivity contribution in [3.8, 4) is 0 Å². The molecule has 0 aromatic carbocycles. The fourth-order valence-electron chi connectivity index (χ4n) is 2.92. The van der Waals surface area contributed by atoms with Crippen LogP contribution in [0, 0.1) is 11.8 Å². The van der Waals surface area contributed by atoms with Gasteiger partial charge in [-0.1, -0.05) is 20.8 Å². The maximum Gasteiger partial charge on any atom is 0.218 e. The molecule has 0 bridgehead atoms. The normalized spacial score (nSPS) is 33.1. The summed E-state index contributed by atoms with van der Waals surface area (Å²) < 4.78 is 6.49. The lowest BCUT2D eigenvalue weighted by molar-refractivity contribution is -0.592. The molecule has 0 radical (unpaired) electrons. The van der Waals surface area contributed by atoms with Crippen LogP contribution >= 0.6 is 11.8 Å². The van der Waals surface area contributed by atoms with Crippen LogP contribution in [-0.4, -0.2) is 31.5 Å². The number of hydrogen-bond donors (Lipinski definition) is 0. The van der Waals surface area contributed by atoms with Crippen molar-refractivity contribution >= 4 is 32.6 Å². The standard InChI is InChI=1S/C17H27ClN3OSi/c1-17(2,3)23(4,5)22-11-13-8-14(9-13)16-15-10-19-6-7-21(15,18)12-20-16/h6-7,10,12-14H,8-9,11H2,1-5H3/q+1. The Kier molecular flexibility index (Phi) is 4.20. The first kappa shape index (κ1) is 17.1. The number of halogens is 1. The van der Waals surface area contributed by atoms with E-state index in [-0.39, 0.29) is 9.04 Å². The van der Waals surface area contributed by atoms with E-state index >= 15 is 0 Å². The highest BCUT2D eigenvalue weighted by atomic mass is 35.5. The number of rotatable bonds is 4. The summed E-state index contributed by atoms with van der Waals surface area (Å²) in [5, 5.41) is 0.275. The lowest BCUT2D eigenvalue weighted by Crippen LogP contribution is -2.43. The van der Waals surface area contributed by atoms with Gasteiger partial charge in [-0.2, -0.15) is 4.99 Å². The Morgan fingerprint density at radius 3 is 2.70 bits per heavy atom. The van der Waals surface area contributed by atoms with Gasteiger partial charge in [0.2, 0.25) is 12.0 Å². The molecule has 23 heavy (non-hydrogen) atoms. The fourth-order valence-corrected chi connectivity index (χ4v) is 4.23. The topological polar surface area (TPSA) is 34.0 Å². The molecule has 4 nitrogen and oxygen atoms in total. The van der Waals surface area contributed by atoms with E-state index in [1.165, 1.54) is 0 Å². The largest absolute Gasteiger partial charge is 0.417 e. The van der Waals surface area contributed by atoms with E-state index in [4.69, 9.17) is 16.2 Å². The van der Waals surface area contributed by atoms with Crippen LogP contribution in [0.1, 0.15) is 33.6 Å². The maximum atomic E-state index is 6.53. The minimum absolute atomic E-state index is 0.139. The van der Waals surface area contributed by atoms with Gasteiger partial charge in [-0.25, -0.2) is 0 Å². The van der Waals surface area contributed by atoms with Gasteiger partial charge < -0.3 is 4.43 Å². The van der Waals surface area contributed by atoms with Crippen LogP contribution in [0.5, 0.6) is 0 Å². The van der Waals surface area contributed by atoms with Crippen LogP contribution in [0.15, 0.2) is 33.8 Å². The highest BCUT2D eigenvalue weighted by molar-refractivity contribution is 6.74. The molecule has 1 fully saturated rings. The highest BCUT2D eigenvalue weighted by Gasteiger charge is 2.44. The number of quaternary nitrogens is 1. The molecular weight excluding hydrogens is 326 g/mol. The Morgan fingerprint density at radius 1 is 1.35 bits per heavy atom. The highest BCUT2D eigenvalue weighted by Crippen LogP contribution is 2.46. The Morgan fingerprint density at radius 2 is 2.04 bits per heavy atom.